The van der Waals surface area contributed by atoms with E-state index in [9.17, 15) is 0 Å². The SMILES string of the molecule is N[C@@H](c1c(Cl)cccc1Cl)C1CC1. The first-order valence-electron chi connectivity index (χ1n) is 4.39. The average Bonchev–Trinajstić information content (AvgIpc) is 2.85. The molecule has 1 saturated carbocycles. The van der Waals surface area contributed by atoms with Crippen LogP contribution in [0.5, 0.6) is 0 Å². The van der Waals surface area contributed by atoms with Crippen molar-refractivity contribution in [1.29, 1.82) is 0 Å². The first kappa shape index (κ1) is 9.32. The fraction of sp³-hybridized carbons (Fsp3) is 0.400. The van der Waals surface area contributed by atoms with E-state index in [-0.39, 0.29) is 6.04 Å². The van der Waals surface area contributed by atoms with Gasteiger partial charge in [-0.25, -0.2) is 0 Å². The van der Waals surface area contributed by atoms with Crippen molar-refractivity contribution in [3.63, 3.8) is 0 Å². The van der Waals surface area contributed by atoms with Crippen LogP contribution in [0.4, 0.5) is 0 Å². The minimum Gasteiger partial charge on any atom is -0.324 e. The Labute approximate surface area is 87.8 Å². The van der Waals surface area contributed by atoms with E-state index in [1.807, 2.05) is 18.2 Å². The molecule has 2 rings (SSSR count). The number of benzene rings is 1. The van der Waals surface area contributed by atoms with Gasteiger partial charge in [0.15, 0.2) is 0 Å². The zero-order chi connectivity index (χ0) is 9.42. The first-order valence-corrected chi connectivity index (χ1v) is 5.15. The molecule has 1 aliphatic rings. The molecule has 1 nitrogen and oxygen atoms in total. The molecule has 0 radical (unpaired) electrons. The summed E-state index contributed by atoms with van der Waals surface area (Å²) in [7, 11) is 0. The summed E-state index contributed by atoms with van der Waals surface area (Å²) in [5.41, 5.74) is 6.94. The topological polar surface area (TPSA) is 26.0 Å². The van der Waals surface area contributed by atoms with E-state index in [1.54, 1.807) is 0 Å². The van der Waals surface area contributed by atoms with Gasteiger partial charge in [-0.2, -0.15) is 0 Å². The molecule has 0 bridgehead atoms. The summed E-state index contributed by atoms with van der Waals surface area (Å²) in [6.45, 7) is 0. The smallest absolute Gasteiger partial charge is 0.0468 e. The molecule has 0 spiro atoms. The Balaban J connectivity index is 2.36. The van der Waals surface area contributed by atoms with Crippen LogP contribution < -0.4 is 5.73 Å². The standard InChI is InChI=1S/C10H11Cl2N/c11-7-2-1-3-8(12)9(7)10(13)6-4-5-6/h1-3,6,10H,4-5,13H2/t10-/m1/s1. The summed E-state index contributed by atoms with van der Waals surface area (Å²) in [5.74, 6) is 0.581. The van der Waals surface area contributed by atoms with Crippen LogP contribution in [-0.2, 0) is 0 Å². The maximum absolute atomic E-state index is 6.03. The molecule has 1 aromatic carbocycles. The molecule has 70 valence electrons. The Morgan fingerprint density at radius 1 is 1.23 bits per heavy atom. The maximum Gasteiger partial charge on any atom is 0.0468 e. The van der Waals surface area contributed by atoms with Crippen molar-refractivity contribution in [3.8, 4) is 0 Å². The molecule has 1 aliphatic carbocycles. The van der Waals surface area contributed by atoms with Gasteiger partial charge in [0.1, 0.15) is 0 Å². The molecule has 0 unspecified atom stereocenters. The molecule has 0 aromatic heterocycles. The molecule has 3 heteroatoms. The predicted octanol–water partition coefficient (Wildman–Crippen LogP) is 3.40. The van der Waals surface area contributed by atoms with Crippen molar-refractivity contribution >= 4 is 23.2 Å². The Kier molecular flexibility index (Phi) is 2.50. The molecule has 2 N–H and O–H groups in total. The van der Waals surface area contributed by atoms with Gasteiger partial charge in [0, 0.05) is 21.7 Å². The van der Waals surface area contributed by atoms with E-state index in [4.69, 9.17) is 28.9 Å². The summed E-state index contributed by atoms with van der Waals surface area (Å²) >= 11 is 12.1. The first-order chi connectivity index (χ1) is 6.20. The van der Waals surface area contributed by atoms with E-state index in [0.29, 0.717) is 16.0 Å². The van der Waals surface area contributed by atoms with E-state index >= 15 is 0 Å². The second-order valence-corrected chi connectivity index (χ2v) is 4.31. The van der Waals surface area contributed by atoms with Crippen molar-refractivity contribution in [2.24, 2.45) is 11.7 Å². The van der Waals surface area contributed by atoms with Crippen LogP contribution in [0.2, 0.25) is 10.0 Å². The Hall–Kier alpha value is -0.240. The Bertz CT molecular complexity index is 300. The Morgan fingerprint density at radius 2 is 1.77 bits per heavy atom. The van der Waals surface area contributed by atoms with Crippen LogP contribution in [-0.4, -0.2) is 0 Å². The van der Waals surface area contributed by atoms with Gasteiger partial charge < -0.3 is 5.73 Å². The predicted molar refractivity (Wildman–Crippen MR) is 56.1 cm³/mol. The van der Waals surface area contributed by atoms with Crippen LogP contribution in [0.15, 0.2) is 18.2 Å². The average molecular weight is 216 g/mol. The summed E-state index contributed by atoms with van der Waals surface area (Å²) in [4.78, 5) is 0. The molecule has 0 aliphatic heterocycles. The molecular weight excluding hydrogens is 205 g/mol. The van der Waals surface area contributed by atoms with Crippen LogP contribution in [0.25, 0.3) is 0 Å². The van der Waals surface area contributed by atoms with E-state index in [2.05, 4.69) is 0 Å². The van der Waals surface area contributed by atoms with Gasteiger partial charge in [-0.05, 0) is 30.9 Å². The number of rotatable bonds is 2. The summed E-state index contributed by atoms with van der Waals surface area (Å²) < 4.78 is 0. The number of nitrogens with two attached hydrogens (primary N) is 1. The fourth-order valence-electron chi connectivity index (χ4n) is 1.52. The summed E-state index contributed by atoms with van der Waals surface area (Å²) in [6, 6.07) is 5.53. The molecule has 1 fully saturated rings. The van der Waals surface area contributed by atoms with Crippen LogP contribution >= 0.6 is 23.2 Å². The third-order valence-corrected chi connectivity index (χ3v) is 3.12. The zero-order valence-electron chi connectivity index (χ0n) is 7.13. The summed E-state index contributed by atoms with van der Waals surface area (Å²) in [5, 5.41) is 1.37. The highest BCUT2D eigenvalue weighted by molar-refractivity contribution is 6.36. The fourth-order valence-corrected chi connectivity index (χ4v) is 2.17. The van der Waals surface area contributed by atoms with Gasteiger partial charge in [-0.3, -0.25) is 0 Å². The van der Waals surface area contributed by atoms with E-state index in [1.165, 1.54) is 12.8 Å². The van der Waals surface area contributed by atoms with Crippen LogP contribution in [0.3, 0.4) is 0 Å². The van der Waals surface area contributed by atoms with E-state index < -0.39 is 0 Å². The van der Waals surface area contributed by atoms with Gasteiger partial charge in [-0.15, -0.1) is 0 Å². The number of halogens is 2. The van der Waals surface area contributed by atoms with Gasteiger partial charge in [0.05, 0.1) is 0 Å². The van der Waals surface area contributed by atoms with Crippen molar-refractivity contribution in [2.75, 3.05) is 0 Å². The maximum atomic E-state index is 6.03. The highest BCUT2D eigenvalue weighted by Gasteiger charge is 2.31. The highest BCUT2D eigenvalue weighted by atomic mass is 35.5. The minimum atomic E-state index is 0.0150. The second kappa shape index (κ2) is 3.49. The quantitative estimate of drug-likeness (QED) is 0.805. The minimum absolute atomic E-state index is 0.0150. The largest absolute Gasteiger partial charge is 0.324 e. The highest BCUT2D eigenvalue weighted by Crippen LogP contribution is 2.43. The van der Waals surface area contributed by atoms with Crippen LogP contribution in [0, 0.1) is 5.92 Å². The lowest BCUT2D eigenvalue weighted by molar-refractivity contribution is 0.634. The summed E-state index contributed by atoms with van der Waals surface area (Å²) in [6.07, 6.45) is 2.39. The molecule has 0 heterocycles. The van der Waals surface area contributed by atoms with Gasteiger partial charge >= 0.3 is 0 Å². The molecule has 1 aromatic rings. The third-order valence-electron chi connectivity index (χ3n) is 2.46. The molecule has 13 heavy (non-hydrogen) atoms. The third kappa shape index (κ3) is 1.83. The molecule has 1 atom stereocenters. The van der Waals surface area contributed by atoms with Crippen molar-refractivity contribution in [2.45, 2.75) is 18.9 Å². The normalized spacial score (nSPS) is 18.7. The monoisotopic (exact) mass is 215 g/mol. The van der Waals surface area contributed by atoms with Gasteiger partial charge in [0.25, 0.3) is 0 Å². The lowest BCUT2D eigenvalue weighted by Gasteiger charge is -2.14. The van der Waals surface area contributed by atoms with Crippen molar-refractivity contribution < 1.29 is 0 Å². The number of hydrogen-bond donors (Lipinski definition) is 1. The van der Waals surface area contributed by atoms with Crippen molar-refractivity contribution in [1.82, 2.24) is 0 Å². The van der Waals surface area contributed by atoms with E-state index in [0.717, 1.165) is 5.56 Å². The molecule has 0 saturated heterocycles. The second-order valence-electron chi connectivity index (χ2n) is 3.50. The van der Waals surface area contributed by atoms with Gasteiger partial charge in [-0.1, -0.05) is 29.3 Å². The van der Waals surface area contributed by atoms with Crippen LogP contribution in [0.1, 0.15) is 24.4 Å². The van der Waals surface area contributed by atoms with Gasteiger partial charge in [0.2, 0.25) is 0 Å². The molecular formula is C10H11Cl2N. The molecule has 0 amide bonds. The van der Waals surface area contributed by atoms with Crippen molar-refractivity contribution in [3.05, 3.63) is 33.8 Å². The number of hydrogen-bond acceptors (Lipinski definition) is 1. The zero-order valence-corrected chi connectivity index (χ0v) is 8.65. The lowest BCUT2D eigenvalue weighted by Crippen LogP contribution is -2.13. The lowest BCUT2D eigenvalue weighted by atomic mass is 10.0. The Morgan fingerprint density at radius 3 is 2.23 bits per heavy atom.